The summed E-state index contributed by atoms with van der Waals surface area (Å²) in [7, 11) is 0.0576. The molecule has 0 heterocycles. The Balaban J connectivity index is 0. The molecule has 0 amide bonds. The van der Waals surface area contributed by atoms with Gasteiger partial charge in [-0.3, -0.25) is 6.08 Å². The minimum atomic E-state index is 0. The Hall–Kier alpha value is -0.530. The van der Waals surface area contributed by atoms with Gasteiger partial charge >= 0.3 is 25.8 Å². The van der Waals surface area contributed by atoms with Gasteiger partial charge in [0.2, 0.25) is 0 Å². The van der Waals surface area contributed by atoms with E-state index in [0.717, 1.165) is 12.3 Å². The Morgan fingerprint density at radius 1 is 1.20 bits per heavy atom. The van der Waals surface area contributed by atoms with E-state index in [1.807, 2.05) is 0 Å². The molecule has 1 aliphatic carbocycles. The molecule has 0 nitrogen and oxygen atoms in total. The van der Waals surface area contributed by atoms with Crippen molar-refractivity contribution in [1.82, 2.24) is 0 Å². The Morgan fingerprint density at radius 3 is 2.40 bits per heavy atom. The van der Waals surface area contributed by atoms with Crippen LogP contribution in [0.4, 0.5) is 0 Å². The molecule has 2 aromatic rings. The third-order valence-electron chi connectivity index (χ3n) is 4.09. The number of allylic oxidation sites excluding steroid dienone is 4. The molecule has 4 heteroatoms. The van der Waals surface area contributed by atoms with Gasteiger partial charge in [-0.05, 0) is 19.8 Å². The molecule has 25 heavy (non-hydrogen) atoms. The Bertz CT molecular complexity index is 626. The molecule has 3 rings (SSSR count). The van der Waals surface area contributed by atoms with Gasteiger partial charge in [0.05, 0.1) is 0 Å². The van der Waals surface area contributed by atoms with E-state index in [0.29, 0.717) is 0 Å². The number of fused-ring (bicyclic) bond motifs is 1. The van der Waals surface area contributed by atoms with Crippen molar-refractivity contribution >= 4 is 24.0 Å². The summed E-state index contributed by atoms with van der Waals surface area (Å²) in [6, 6.07) is 13.2. The first-order chi connectivity index (χ1) is 10.6. The molecule has 1 unspecified atom stereocenters. The zero-order chi connectivity index (χ0) is 15.9. The van der Waals surface area contributed by atoms with Crippen LogP contribution in [-0.2, 0) is 25.8 Å². The van der Waals surface area contributed by atoms with Crippen LogP contribution in [0.3, 0.4) is 0 Å². The van der Waals surface area contributed by atoms with Crippen LogP contribution >= 0.6 is 7.92 Å². The quantitative estimate of drug-likeness (QED) is 0.300. The van der Waals surface area contributed by atoms with E-state index >= 15 is 0 Å². The second-order valence-electron chi connectivity index (χ2n) is 6.17. The van der Waals surface area contributed by atoms with Gasteiger partial charge in [-0.15, -0.1) is 54.7 Å². The molecule has 0 aliphatic heterocycles. The number of rotatable bonds is 4. The Kier molecular flexibility index (Phi) is 14.6. The first-order valence-electron chi connectivity index (χ1n) is 8.22. The molecular formula is C21H27F2HfP. The second kappa shape index (κ2) is 13.6. The fourth-order valence-electron chi connectivity index (χ4n) is 2.74. The van der Waals surface area contributed by atoms with Crippen molar-refractivity contribution in [2.75, 3.05) is 13.3 Å². The zero-order valence-electron chi connectivity index (χ0n) is 15.5. The molecule has 0 aromatic heterocycles. The summed E-state index contributed by atoms with van der Waals surface area (Å²) < 4.78 is 0. The van der Waals surface area contributed by atoms with E-state index in [2.05, 4.69) is 81.8 Å². The number of hydrogen-bond donors (Lipinski definition) is 0. The van der Waals surface area contributed by atoms with Crippen LogP contribution < -0.4 is 14.7 Å². The molecule has 2 aromatic carbocycles. The van der Waals surface area contributed by atoms with Crippen LogP contribution in [0.1, 0.15) is 33.1 Å². The van der Waals surface area contributed by atoms with Crippen molar-refractivity contribution in [2.24, 2.45) is 5.92 Å². The monoisotopic (exact) mass is 528 g/mol. The summed E-state index contributed by atoms with van der Waals surface area (Å²) in [5.41, 5.74) is 1.42. The smallest absolute Gasteiger partial charge is 1.00 e. The average Bonchev–Trinajstić information content (AvgIpc) is 3.17. The second-order valence-corrected chi connectivity index (χ2v) is 8.47. The summed E-state index contributed by atoms with van der Waals surface area (Å²) in [5.74, 6) is 0.726. The van der Waals surface area contributed by atoms with Crippen molar-refractivity contribution < 1.29 is 35.3 Å². The molecule has 0 saturated heterocycles. The van der Waals surface area contributed by atoms with Crippen LogP contribution in [0.5, 0.6) is 0 Å². The maximum absolute atomic E-state index is 3.35. The number of halogens is 2. The fraction of sp³-hybridized carbons (Fsp3) is 0.381. The van der Waals surface area contributed by atoms with Gasteiger partial charge in [0.15, 0.2) is 0 Å². The van der Waals surface area contributed by atoms with Crippen LogP contribution in [0, 0.1) is 12.0 Å². The van der Waals surface area contributed by atoms with E-state index in [-0.39, 0.29) is 43.2 Å². The molecule has 134 valence electrons. The van der Waals surface area contributed by atoms with E-state index in [9.17, 15) is 0 Å². The van der Waals surface area contributed by atoms with Gasteiger partial charge in [0, 0.05) is 0 Å². The summed E-state index contributed by atoms with van der Waals surface area (Å²) in [4.78, 5) is 0. The molecule has 0 fully saturated rings. The summed E-state index contributed by atoms with van der Waals surface area (Å²) in [5, 5.41) is 4.26. The molecule has 0 radical (unpaired) electrons. The maximum Gasteiger partial charge on any atom is 4.00 e. The molecule has 1 atom stereocenters. The van der Waals surface area contributed by atoms with E-state index < -0.39 is 0 Å². The first-order valence-corrected chi connectivity index (χ1v) is 10.5. The van der Waals surface area contributed by atoms with Crippen LogP contribution in [-0.4, -0.2) is 13.3 Å². The largest absolute Gasteiger partial charge is 4.00 e. The summed E-state index contributed by atoms with van der Waals surface area (Å²) in [6.45, 7) is 9.10. The third-order valence-corrected chi connectivity index (χ3v) is 5.38. The van der Waals surface area contributed by atoms with Gasteiger partial charge in [0.25, 0.3) is 0 Å². The van der Waals surface area contributed by atoms with Gasteiger partial charge in [-0.1, -0.05) is 32.3 Å². The van der Waals surface area contributed by atoms with Crippen molar-refractivity contribution in [2.45, 2.75) is 33.1 Å². The minimum Gasteiger partial charge on any atom is -1.00 e. The predicted octanol–water partition coefficient (Wildman–Crippen LogP) is 0.0431. The fourth-order valence-corrected chi connectivity index (χ4v) is 3.54. The molecular weight excluding hydrogens is 500 g/mol. The normalized spacial score (nSPS) is 13.1. The van der Waals surface area contributed by atoms with Crippen LogP contribution in [0.25, 0.3) is 10.8 Å². The standard InChI is InChI=1S/C11H12P.C10H15.2FH.Hf/c1-12(2)11-7-9-5-3-4-6-10(9)8-11;1-3-6-9(2)10-7-4-5-8-10;;;/h3-8H,1-2H3;4,7,9H,3,5-6H2,1-2H3;2*1H;/q2*-1;;;+4/p-2. The van der Waals surface area contributed by atoms with Crippen molar-refractivity contribution in [3.8, 4) is 0 Å². The molecule has 0 bridgehead atoms. The van der Waals surface area contributed by atoms with Crippen molar-refractivity contribution in [1.29, 1.82) is 0 Å². The van der Waals surface area contributed by atoms with Gasteiger partial charge < -0.3 is 9.41 Å². The molecule has 0 N–H and O–H groups in total. The maximum atomic E-state index is 3.35. The van der Waals surface area contributed by atoms with Crippen LogP contribution in [0.2, 0.25) is 0 Å². The number of benzene rings is 1. The number of hydrogen-bond acceptors (Lipinski definition) is 0. The van der Waals surface area contributed by atoms with Gasteiger partial charge in [0.1, 0.15) is 0 Å². The minimum absolute atomic E-state index is 0. The SMILES string of the molecule is CCCC(C)C1=[C-]CC=C1.CP(C)c1cc2ccccc2[cH-]1.[F-].[F-].[Hf+4]. The summed E-state index contributed by atoms with van der Waals surface area (Å²) in [6.07, 6.45) is 11.3. The third kappa shape index (κ3) is 8.13. The Morgan fingerprint density at radius 2 is 1.88 bits per heavy atom. The average molecular weight is 527 g/mol. The predicted molar refractivity (Wildman–Crippen MR) is 103 cm³/mol. The topological polar surface area (TPSA) is 0 Å². The van der Waals surface area contributed by atoms with Gasteiger partial charge in [-0.2, -0.15) is 12.1 Å². The van der Waals surface area contributed by atoms with Crippen molar-refractivity contribution in [3.05, 3.63) is 60.2 Å². The summed E-state index contributed by atoms with van der Waals surface area (Å²) >= 11 is 0. The Labute approximate surface area is 171 Å². The van der Waals surface area contributed by atoms with E-state index in [4.69, 9.17) is 0 Å². The first kappa shape index (κ1) is 26.7. The van der Waals surface area contributed by atoms with E-state index in [1.165, 1.54) is 34.5 Å². The van der Waals surface area contributed by atoms with Crippen molar-refractivity contribution in [3.63, 3.8) is 0 Å². The molecule has 0 spiro atoms. The zero-order valence-corrected chi connectivity index (χ0v) is 20.0. The molecule has 1 aliphatic rings. The molecule has 0 saturated carbocycles. The van der Waals surface area contributed by atoms with Gasteiger partial charge in [-0.25, -0.2) is 11.6 Å². The van der Waals surface area contributed by atoms with E-state index in [1.54, 1.807) is 0 Å². The van der Waals surface area contributed by atoms with Crippen LogP contribution in [0.15, 0.2) is 54.1 Å².